The molecule has 1 aromatic rings. The summed E-state index contributed by atoms with van der Waals surface area (Å²) in [6, 6.07) is 5.19. The molecule has 0 atom stereocenters. The van der Waals surface area contributed by atoms with E-state index in [1.54, 1.807) is 0 Å². The van der Waals surface area contributed by atoms with Gasteiger partial charge in [0.15, 0.2) is 0 Å². The fourth-order valence-corrected chi connectivity index (χ4v) is 4.95. The van der Waals surface area contributed by atoms with Gasteiger partial charge in [-0.3, -0.25) is 4.79 Å². The molecule has 2 N–H and O–H groups in total. The van der Waals surface area contributed by atoms with Crippen molar-refractivity contribution in [1.82, 2.24) is 9.62 Å². The number of rotatable bonds is 5. The SMILES string of the molecule is O=C(NC1(C(=O)O)CCC1)C1CCN(S(=O)(=O)c2ccccc2F)CC1. The number of aliphatic carboxylic acids is 1. The van der Waals surface area contributed by atoms with Crippen molar-refractivity contribution in [3.8, 4) is 0 Å². The highest BCUT2D eigenvalue weighted by Gasteiger charge is 2.46. The van der Waals surface area contributed by atoms with E-state index in [1.165, 1.54) is 22.5 Å². The van der Waals surface area contributed by atoms with Crippen LogP contribution < -0.4 is 5.32 Å². The Morgan fingerprint density at radius 2 is 1.81 bits per heavy atom. The fraction of sp³-hybridized carbons (Fsp3) is 0.529. The van der Waals surface area contributed by atoms with Gasteiger partial charge in [0.2, 0.25) is 15.9 Å². The number of halogens is 1. The lowest BCUT2D eigenvalue weighted by molar-refractivity contribution is -0.152. The first kappa shape index (κ1) is 18.8. The summed E-state index contributed by atoms with van der Waals surface area (Å²) in [6.07, 6.45) is 2.12. The van der Waals surface area contributed by atoms with Crippen LogP contribution in [0.1, 0.15) is 32.1 Å². The molecule has 7 nitrogen and oxygen atoms in total. The first-order chi connectivity index (χ1) is 12.3. The van der Waals surface area contributed by atoms with E-state index in [4.69, 9.17) is 0 Å². The summed E-state index contributed by atoms with van der Waals surface area (Å²) in [7, 11) is -3.95. The number of hydrogen-bond donors (Lipinski definition) is 2. The molecular formula is C17H21FN2O5S. The molecule has 1 saturated carbocycles. The van der Waals surface area contributed by atoms with Crippen molar-refractivity contribution in [2.45, 2.75) is 42.5 Å². The van der Waals surface area contributed by atoms with Crippen LogP contribution in [0.3, 0.4) is 0 Å². The van der Waals surface area contributed by atoms with Crippen molar-refractivity contribution < 1.29 is 27.5 Å². The van der Waals surface area contributed by atoms with Gasteiger partial charge in [0.25, 0.3) is 0 Å². The van der Waals surface area contributed by atoms with Gasteiger partial charge in [0.1, 0.15) is 16.3 Å². The number of piperidine rings is 1. The molecule has 0 spiro atoms. The van der Waals surface area contributed by atoms with Gasteiger partial charge in [0, 0.05) is 19.0 Å². The molecule has 1 aromatic carbocycles. The number of nitrogens with zero attached hydrogens (tertiary/aromatic N) is 1. The summed E-state index contributed by atoms with van der Waals surface area (Å²) in [6.45, 7) is 0.184. The largest absolute Gasteiger partial charge is 0.480 e. The zero-order valence-electron chi connectivity index (χ0n) is 14.2. The average molecular weight is 384 g/mol. The van der Waals surface area contributed by atoms with Crippen molar-refractivity contribution >= 4 is 21.9 Å². The van der Waals surface area contributed by atoms with Gasteiger partial charge in [0.05, 0.1) is 0 Å². The van der Waals surface area contributed by atoms with Gasteiger partial charge in [-0.2, -0.15) is 4.31 Å². The first-order valence-electron chi connectivity index (χ1n) is 8.56. The monoisotopic (exact) mass is 384 g/mol. The summed E-state index contributed by atoms with van der Waals surface area (Å²) in [5, 5.41) is 11.9. The molecule has 0 aromatic heterocycles. The first-order valence-corrected chi connectivity index (χ1v) is 10.0. The van der Waals surface area contributed by atoms with Gasteiger partial charge in [-0.15, -0.1) is 0 Å². The van der Waals surface area contributed by atoms with E-state index in [1.807, 2.05) is 0 Å². The maximum Gasteiger partial charge on any atom is 0.329 e. The van der Waals surface area contributed by atoms with E-state index in [0.717, 1.165) is 12.5 Å². The van der Waals surface area contributed by atoms with Crippen molar-refractivity contribution in [2.75, 3.05) is 13.1 Å². The molecule has 142 valence electrons. The van der Waals surface area contributed by atoms with Crippen molar-refractivity contribution in [1.29, 1.82) is 0 Å². The molecule has 2 fully saturated rings. The highest BCUT2D eigenvalue weighted by molar-refractivity contribution is 7.89. The third-order valence-corrected chi connectivity index (χ3v) is 7.19. The summed E-state index contributed by atoms with van der Waals surface area (Å²) in [4.78, 5) is 23.4. The minimum atomic E-state index is -3.95. The molecule has 2 aliphatic rings. The van der Waals surface area contributed by atoms with Crippen LogP contribution in [-0.4, -0.2) is 48.3 Å². The smallest absolute Gasteiger partial charge is 0.329 e. The standard InChI is InChI=1S/C17H21FN2O5S/c18-13-4-1-2-5-14(13)26(24,25)20-10-6-12(7-11-20)15(21)19-17(16(22)23)8-3-9-17/h1-2,4-5,12H,3,6-11H2,(H,19,21)(H,22,23). The van der Waals surface area contributed by atoms with Gasteiger partial charge in [-0.25, -0.2) is 17.6 Å². The van der Waals surface area contributed by atoms with Crippen LogP contribution in [0.4, 0.5) is 4.39 Å². The van der Waals surface area contributed by atoms with Crippen LogP contribution in [0.25, 0.3) is 0 Å². The number of amides is 1. The molecule has 1 aliphatic heterocycles. The summed E-state index contributed by atoms with van der Waals surface area (Å²) in [5.74, 6) is -2.63. The number of carbonyl (C=O) groups is 2. The maximum atomic E-state index is 13.8. The van der Waals surface area contributed by atoms with Crippen LogP contribution in [-0.2, 0) is 19.6 Å². The Hall–Kier alpha value is -2.00. The van der Waals surface area contributed by atoms with E-state index in [0.29, 0.717) is 12.8 Å². The molecule has 0 radical (unpaired) electrons. The minimum Gasteiger partial charge on any atom is -0.480 e. The summed E-state index contributed by atoms with van der Waals surface area (Å²) < 4.78 is 40.1. The second-order valence-electron chi connectivity index (χ2n) is 6.84. The van der Waals surface area contributed by atoms with Crippen LogP contribution in [0, 0.1) is 11.7 Å². The Morgan fingerprint density at radius 1 is 1.19 bits per heavy atom. The number of carbonyl (C=O) groups excluding carboxylic acids is 1. The van der Waals surface area contributed by atoms with Crippen molar-refractivity contribution in [3.63, 3.8) is 0 Å². The molecule has 9 heteroatoms. The Morgan fingerprint density at radius 3 is 2.31 bits per heavy atom. The van der Waals surface area contributed by atoms with Gasteiger partial charge in [-0.05, 0) is 44.2 Å². The Kier molecular flexibility index (Phi) is 5.03. The van der Waals surface area contributed by atoms with E-state index in [-0.39, 0.29) is 36.7 Å². The Labute approximate surface area is 151 Å². The lowest BCUT2D eigenvalue weighted by Crippen LogP contribution is -2.60. The Balaban J connectivity index is 1.63. The third kappa shape index (κ3) is 3.33. The number of benzene rings is 1. The van der Waals surface area contributed by atoms with Crippen LogP contribution in [0.2, 0.25) is 0 Å². The lowest BCUT2D eigenvalue weighted by Gasteiger charge is -2.40. The van der Waals surface area contributed by atoms with Crippen molar-refractivity contribution in [2.24, 2.45) is 5.92 Å². The number of nitrogens with one attached hydrogen (secondary N) is 1. The molecule has 1 heterocycles. The number of hydrogen-bond acceptors (Lipinski definition) is 4. The highest BCUT2D eigenvalue weighted by atomic mass is 32.2. The highest BCUT2D eigenvalue weighted by Crippen LogP contribution is 2.33. The number of carboxylic acids is 1. The van der Waals surface area contributed by atoms with Crippen molar-refractivity contribution in [3.05, 3.63) is 30.1 Å². The van der Waals surface area contributed by atoms with Crippen LogP contribution in [0.5, 0.6) is 0 Å². The van der Waals surface area contributed by atoms with Gasteiger partial charge >= 0.3 is 5.97 Å². The fourth-order valence-electron chi connectivity index (χ4n) is 3.41. The summed E-state index contributed by atoms with van der Waals surface area (Å²) in [5.41, 5.74) is -1.17. The van der Waals surface area contributed by atoms with Gasteiger partial charge in [-0.1, -0.05) is 12.1 Å². The number of carboxylic acid groups (broad SMARTS) is 1. The van der Waals surface area contributed by atoms with E-state index in [9.17, 15) is 27.5 Å². The molecule has 0 unspecified atom stereocenters. The summed E-state index contributed by atoms with van der Waals surface area (Å²) >= 11 is 0. The minimum absolute atomic E-state index is 0.0921. The van der Waals surface area contributed by atoms with Gasteiger partial charge < -0.3 is 10.4 Å². The molecule has 0 bridgehead atoms. The quantitative estimate of drug-likeness (QED) is 0.798. The molecule has 1 amide bonds. The molecular weight excluding hydrogens is 363 g/mol. The van der Waals surface area contributed by atoms with E-state index >= 15 is 0 Å². The lowest BCUT2D eigenvalue weighted by atomic mass is 9.76. The maximum absolute atomic E-state index is 13.8. The second kappa shape index (κ2) is 6.96. The normalized spacial score (nSPS) is 21.0. The topological polar surface area (TPSA) is 104 Å². The third-order valence-electron chi connectivity index (χ3n) is 5.26. The molecule has 1 aliphatic carbocycles. The van der Waals surface area contributed by atoms with Crippen LogP contribution >= 0.6 is 0 Å². The number of sulfonamides is 1. The molecule has 26 heavy (non-hydrogen) atoms. The zero-order chi connectivity index (χ0) is 18.9. The predicted molar refractivity (Wildman–Crippen MR) is 90.2 cm³/mol. The van der Waals surface area contributed by atoms with E-state index < -0.39 is 33.3 Å². The average Bonchev–Trinajstić information content (AvgIpc) is 2.58. The predicted octanol–water partition coefficient (Wildman–Crippen LogP) is 1.35. The second-order valence-corrected chi connectivity index (χ2v) is 8.75. The van der Waals surface area contributed by atoms with E-state index in [2.05, 4.69) is 5.32 Å². The molecule has 3 rings (SSSR count). The Bertz CT molecular complexity index is 814. The molecule has 1 saturated heterocycles. The van der Waals surface area contributed by atoms with Crippen LogP contribution in [0.15, 0.2) is 29.2 Å². The zero-order valence-corrected chi connectivity index (χ0v) is 15.0.